The Kier molecular flexibility index (Phi) is 10.2. The molecule has 1 aromatic rings. The van der Waals surface area contributed by atoms with E-state index in [1.807, 2.05) is 12.2 Å². The summed E-state index contributed by atoms with van der Waals surface area (Å²) in [6, 6.07) is 4.56. The van der Waals surface area contributed by atoms with Crippen molar-refractivity contribution in [1.82, 2.24) is 20.3 Å². The Labute approximate surface area is 264 Å². The van der Waals surface area contributed by atoms with Crippen LogP contribution in [0.15, 0.2) is 36.4 Å². The molecule has 2 fully saturated rings. The molecule has 3 aliphatic rings. The fourth-order valence-electron chi connectivity index (χ4n) is 5.66. The van der Waals surface area contributed by atoms with Crippen LogP contribution in [-0.4, -0.2) is 73.9 Å². The average Bonchev–Trinajstić information content (AvgIpc) is 3.39. The summed E-state index contributed by atoms with van der Waals surface area (Å²) in [6.07, 6.45) is 7.56. The van der Waals surface area contributed by atoms with Crippen LogP contribution < -0.4 is 19.7 Å². The van der Waals surface area contributed by atoms with E-state index in [9.17, 15) is 27.6 Å². The van der Waals surface area contributed by atoms with Gasteiger partial charge in [-0.2, -0.15) is 8.42 Å². The highest BCUT2D eigenvalue weighted by Gasteiger charge is 2.61. The fraction of sp³-hybridized carbons (Fsp3) is 0.600. The van der Waals surface area contributed by atoms with Gasteiger partial charge in [-0.3, -0.25) is 18.7 Å². The van der Waals surface area contributed by atoms with E-state index in [1.54, 1.807) is 32.9 Å². The van der Waals surface area contributed by atoms with Crippen molar-refractivity contribution in [2.24, 2.45) is 5.92 Å². The summed E-state index contributed by atoms with van der Waals surface area (Å²) in [5.74, 6) is -2.24. The second kappa shape index (κ2) is 13.4. The Morgan fingerprint density at radius 2 is 1.84 bits per heavy atom. The molecule has 3 N–H and O–H groups in total. The first-order chi connectivity index (χ1) is 20.6. The lowest BCUT2D eigenvalue weighted by Gasteiger charge is -2.30. The van der Waals surface area contributed by atoms with E-state index in [1.165, 1.54) is 24.1 Å². The van der Waals surface area contributed by atoms with Crippen molar-refractivity contribution in [2.75, 3.05) is 17.9 Å². The van der Waals surface area contributed by atoms with Crippen LogP contribution in [0.3, 0.4) is 0 Å². The van der Waals surface area contributed by atoms with Gasteiger partial charge in [0.1, 0.15) is 23.2 Å². The van der Waals surface area contributed by atoms with Gasteiger partial charge < -0.3 is 20.3 Å². The molecule has 44 heavy (non-hydrogen) atoms. The molecule has 0 aromatic heterocycles. The number of fused-ring (bicyclic) bond motifs is 2. The van der Waals surface area contributed by atoms with Crippen molar-refractivity contribution in [3.8, 4) is 0 Å². The summed E-state index contributed by atoms with van der Waals surface area (Å²) in [5.41, 5.74) is -2.08. The number of hydrogen-bond acceptors (Lipinski definition) is 7. The molecule has 12 nitrogen and oxygen atoms in total. The predicted octanol–water partition coefficient (Wildman–Crippen LogP) is 3.42. The number of nitrogens with one attached hydrogen (secondary N) is 3. The molecule has 0 radical (unpaired) electrons. The van der Waals surface area contributed by atoms with Crippen molar-refractivity contribution in [3.05, 3.63) is 41.4 Å². The monoisotopic (exact) mass is 651 g/mol. The number of ether oxygens (including phenoxy) is 1. The summed E-state index contributed by atoms with van der Waals surface area (Å²) in [7, 11) is -3.10. The highest BCUT2D eigenvalue weighted by atomic mass is 35.5. The van der Waals surface area contributed by atoms with Crippen LogP contribution in [0.5, 0.6) is 0 Å². The van der Waals surface area contributed by atoms with Crippen molar-refractivity contribution in [3.63, 3.8) is 0 Å². The molecule has 4 atom stereocenters. The second-order valence-corrected chi connectivity index (χ2v) is 14.7. The van der Waals surface area contributed by atoms with Crippen LogP contribution in [0, 0.1) is 5.92 Å². The van der Waals surface area contributed by atoms with E-state index in [0.29, 0.717) is 38.6 Å². The summed E-state index contributed by atoms with van der Waals surface area (Å²) in [5, 5.41) is 5.70. The van der Waals surface area contributed by atoms with Gasteiger partial charge in [0.05, 0.1) is 10.7 Å². The van der Waals surface area contributed by atoms with Gasteiger partial charge in [0.2, 0.25) is 11.8 Å². The van der Waals surface area contributed by atoms with Crippen molar-refractivity contribution < 1.29 is 32.3 Å². The van der Waals surface area contributed by atoms with Gasteiger partial charge in [-0.15, -0.1) is 0 Å². The molecule has 4 amide bonds. The van der Waals surface area contributed by atoms with E-state index >= 15 is 0 Å². The van der Waals surface area contributed by atoms with E-state index in [-0.39, 0.29) is 17.1 Å². The maximum atomic E-state index is 13.7. The number of nitrogens with zero attached hydrogens (tertiary/aromatic N) is 2. The highest BCUT2D eigenvalue weighted by molar-refractivity contribution is 7.91. The SMILES string of the molecule is CN(c1ccccc1Cl)S(=O)(=O)NC(=O)[C@@]12C[C@@H]1/C=C\CCCCC[C@H](NC(=O)OC(C)(C)C)C(=O)N1CCC[C@H]1C(=O)N2. The normalized spacial score (nSPS) is 27.0. The third-order valence-corrected chi connectivity index (χ3v) is 9.78. The molecule has 0 spiro atoms. The minimum absolute atomic E-state index is 0.181. The number of alkyl carbamates (subject to hydrolysis) is 1. The van der Waals surface area contributed by atoms with Gasteiger partial charge in [0, 0.05) is 19.5 Å². The van der Waals surface area contributed by atoms with E-state index in [2.05, 4.69) is 15.4 Å². The third kappa shape index (κ3) is 7.84. The van der Waals surface area contributed by atoms with E-state index in [4.69, 9.17) is 16.3 Å². The maximum absolute atomic E-state index is 13.7. The Morgan fingerprint density at radius 3 is 2.55 bits per heavy atom. The number of anilines is 1. The number of carbonyl (C=O) groups is 4. The van der Waals surface area contributed by atoms with Gasteiger partial charge in [-0.25, -0.2) is 9.52 Å². The smallest absolute Gasteiger partial charge is 0.408 e. The standard InChI is InChI=1S/C30H42ClN5O7S/c1-29(2,3)43-28(40)32-22-15-9-7-5-6-8-13-20-19-30(20,33-25(37)24-17-12-18-36(24)26(22)38)27(39)34-44(41,42)35(4)23-16-11-10-14-21(23)31/h8,10-11,13-14,16,20,22,24H,5-7,9,12,15,17-19H2,1-4H3,(H,32,40)(H,33,37)(H,34,39)/b13-8-/t20-,22-,24-,30+/m0/s1. The van der Waals surface area contributed by atoms with Gasteiger partial charge in [-0.05, 0) is 71.4 Å². The summed E-state index contributed by atoms with van der Waals surface area (Å²) < 4.78 is 34.8. The van der Waals surface area contributed by atoms with Gasteiger partial charge in [-0.1, -0.05) is 48.7 Å². The van der Waals surface area contributed by atoms with Crippen LogP contribution >= 0.6 is 11.6 Å². The topological polar surface area (TPSA) is 154 Å². The number of carbonyl (C=O) groups excluding carboxylic acids is 4. The number of amides is 4. The predicted molar refractivity (Wildman–Crippen MR) is 166 cm³/mol. The molecule has 4 rings (SSSR count). The largest absolute Gasteiger partial charge is 0.444 e. The number of allylic oxidation sites excluding steroid dienone is 1. The lowest BCUT2D eigenvalue weighted by atomic mass is 10.0. The Hall–Kier alpha value is -3.32. The zero-order valence-electron chi connectivity index (χ0n) is 25.6. The zero-order valence-corrected chi connectivity index (χ0v) is 27.2. The van der Waals surface area contributed by atoms with Crippen LogP contribution in [0.1, 0.15) is 72.1 Å². The molecule has 1 saturated heterocycles. The van der Waals surface area contributed by atoms with Crippen molar-refractivity contribution >= 4 is 51.3 Å². The van der Waals surface area contributed by atoms with Crippen LogP contribution in [0.2, 0.25) is 5.02 Å². The number of para-hydroxylation sites is 1. The minimum atomic E-state index is -4.38. The first kappa shape index (κ1) is 33.6. The molecule has 2 aliphatic heterocycles. The van der Waals surface area contributed by atoms with E-state index in [0.717, 1.165) is 17.1 Å². The molecule has 1 aromatic carbocycles. The molecule has 242 valence electrons. The Balaban J connectivity index is 1.56. The lowest BCUT2D eigenvalue weighted by molar-refractivity contribution is -0.141. The van der Waals surface area contributed by atoms with Crippen molar-refractivity contribution in [2.45, 2.75) is 95.4 Å². The molecule has 14 heteroatoms. The summed E-state index contributed by atoms with van der Waals surface area (Å²) >= 11 is 6.19. The highest BCUT2D eigenvalue weighted by Crippen LogP contribution is 2.46. The minimum Gasteiger partial charge on any atom is -0.444 e. The first-order valence-electron chi connectivity index (χ1n) is 15.0. The van der Waals surface area contributed by atoms with Crippen LogP contribution in [-0.2, 0) is 29.3 Å². The van der Waals surface area contributed by atoms with Gasteiger partial charge in [0.15, 0.2) is 0 Å². The van der Waals surface area contributed by atoms with Gasteiger partial charge in [0.25, 0.3) is 5.91 Å². The summed E-state index contributed by atoms with van der Waals surface area (Å²) in [4.78, 5) is 55.1. The maximum Gasteiger partial charge on any atom is 0.408 e. The van der Waals surface area contributed by atoms with Crippen LogP contribution in [0.25, 0.3) is 0 Å². The zero-order chi connectivity index (χ0) is 32.3. The molecule has 0 bridgehead atoms. The molecular weight excluding hydrogens is 610 g/mol. The molecule has 2 heterocycles. The molecule has 0 unspecified atom stereocenters. The Bertz CT molecular complexity index is 1410. The summed E-state index contributed by atoms with van der Waals surface area (Å²) in [6.45, 7) is 5.51. The van der Waals surface area contributed by atoms with Gasteiger partial charge >= 0.3 is 16.3 Å². The molecule has 1 saturated carbocycles. The average molecular weight is 652 g/mol. The number of halogens is 1. The Morgan fingerprint density at radius 1 is 1.11 bits per heavy atom. The van der Waals surface area contributed by atoms with E-state index < -0.39 is 63.2 Å². The van der Waals surface area contributed by atoms with Crippen LogP contribution in [0.4, 0.5) is 10.5 Å². The van der Waals surface area contributed by atoms with Crippen molar-refractivity contribution in [1.29, 1.82) is 0 Å². The quantitative estimate of drug-likeness (QED) is 0.412. The fourth-order valence-corrected chi connectivity index (χ4v) is 6.94. The number of hydrogen-bond donors (Lipinski definition) is 3. The number of benzene rings is 1. The number of rotatable bonds is 5. The molecule has 1 aliphatic carbocycles. The lowest BCUT2D eigenvalue weighted by Crippen LogP contribution is -2.59. The second-order valence-electron chi connectivity index (χ2n) is 12.6. The first-order valence-corrected chi connectivity index (χ1v) is 16.8. The third-order valence-electron chi connectivity index (χ3n) is 8.10. The molecular formula is C30H42ClN5O7S.